The highest BCUT2D eigenvalue weighted by Crippen LogP contribution is 2.45. The third-order valence-corrected chi connectivity index (χ3v) is 14.0. The van der Waals surface area contributed by atoms with E-state index in [0.29, 0.717) is 32.8 Å². The predicted molar refractivity (Wildman–Crippen MR) is 227 cm³/mol. The number of fused-ring (bicyclic) bond motifs is 15. The number of hydrogen-bond acceptors (Lipinski definition) is 6. The lowest BCUT2D eigenvalue weighted by Crippen LogP contribution is -2.29. The Balaban J connectivity index is 1.14. The number of benzene rings is 7. The lowest BCUT2D eigenvalue weighted by atomic mass is 9.93. The molecule has 0 N–H and O–H groups in total. The lowest BCUT2D eigenvalue weighted by Gasteiger charge is -2.19. The quantitative estimate of drug-likeness (QED) is 0.133. The average molecular weight is 723 g/mol. The van der Waals surface area contributed by atoms with Crippen LogP contribution in [0.1, 0.15) is 0 Å². The van der Waals surface area contributed by atoms with E-state index in [1.165, 1.54) is 26.9 Å². The average Bonchev–Trinajstić information content (AvgIpc) is 3.62. The molecule has 0 aliphatic carbocycles. The van der Waals surface area contributed by atoms with Crippen LogP contribution >= 0.6 is 7.14 Å². The molecule has 0 saturated heterocycles. The van der Waals surface area contributed by atoms with Gasteiger partial charge in [-0.1, -0.05) is 97.1 Å². The second-order valence-electron chi connectivity index (χ2n) is 14.1. The molecule has 0 aliphatic rings. The van der Waals surface area contributed by atoms with Crippen LogP contribution < -0.4 is 16.2 Å². The molecule has 0 unspecified atom stereocenters. The van der Waals surface area contributed by atoms with Gasteiger partial charge in [-0.05, 0) is 86.9 Å². The van der Waals surface area contributed by atoms with Gasteiger partial charge in [0.1, 0.15) is 22.0 Å². The monoisotopic (exact) mass is 722 g/mol. The van der Waals surface area contributed by atoms with Crippen LogP contribution in [0.2, 0.25) is 0 Å². The van der Waals surface area contributed by atoms with Crippen molar-refractivity contribution in [2.45, 2.75) is 0 Å². The lowest BCUT2D eigenvalue weighted by molar-refractivity contribution is 0.591. The van der Waals surface area contributed by atoms with Crippen molar-refractivity contribution in [3.63, 3.8) is 0 Å². The molecule has 0 aliphatic heterocycles. The Morgan fingerprint density at radius 3 is 1.42 bits per heavy atom. The van der Waals surface area contributed by atoms with Gasteiger partial charge in [-0.2, -0.15) is 0 Å². The fourth-order valence-electron chi connectivity index (χ4n) is 8.52. The van der Waals surface area contributed by atoms with Crippen molar-refractivity contribution in [2.24, 2.45) is 0 Å². The van der Waals surface area contributed by atoms with Crippen LogP contribution in [0.25, 0.3) is 97.9 Å². The minimum atomic E-state index is -3.73. The highest BCUT2D eigenvalue weighted by molar-refractivity contribution is 7.85. The molecule has 0 amide bonds. The van der Waals surface area contributed by atoms with Crippen LogP contribution in [-0.2, 0) is 4.57 Å². The Bertz CT molecular complexity index is 3550. The molecule has 12 aromatic rings. The number of pyridine rings is 4. The van der Waals surface area contributed by atoms with Crippen LogP contribution in [0.3, 0.4) is 0 Å². The Hall–Kier alpha value is -7.01. The molecule has 55 heavy (non-hydrogen) atoms. The molecule has 5 heterocycles. The van der Waals surface area contributed by atoms with Crippen LogP contribution in [0.5, 0.6) is 0 Å². The zero-order valence-corrected chi connectivity index (χ0v) is 30.0. The van der Waals surface area contributed by atoms with Crippen LogP contribution in [0, 0.1) is 0 Å². The summed E-state index contributed by atoms with van der Waals surface area (Å²) in [5, 5.41) is 13.4. The molecular formula is C48H27N4O2P. The van der Waals surface area contributed by atoms with E-state index in [0.717, 1.165) is 54.3 Å². The van der Waals surface area contributed by atoms with Gasteiger partial charge in [-0.3, -0.25) is 9.97 Å². The molecule has 0 bridgehead atoms. The molecule has 5 aromatic heterocycles. The second kappa shape index (κ2) is 11.3. The first kappa shape index (κ1) is 30.5. The summed E-state index contributed by atoms with van der Waals surface area (Å²) in [5.74, 6) is 0. The van der Waals surface area contributed by atoms with Gasteiger partial charge in [-0.15, -0.1) is 0 Å². The van der Waals surface area contributed by atoms with Gasteiger partial charge < -0.3 is 8.98 Å². The molecule has 0 saturated carbocycles. The van der Waals surface area contributed by atoms with Crippen molar-refractivity contribution in [3.05, 3.63) is 164 Å². The van der Waals surface area contributed by atoms with Crippen LogP contribution in [0.4, 0.5) is 0 Å². The van der Waals surface area contributed by atoms with Gasteiger partial charge in [0.15, 0.2) is 0 Å². The normalized spacial score (nSPS) is 12.4. The fraction of sp³-hybridized carbons (Fsp3) is 0. The summed E-state index contributed by atoms with van der Waals surface area (Å²) in [6, 6.07) is 51.2. The number of nitrogens with zero attached hydrogens (tertiary/aromatic N) is 4. The topological polar surface area (TPSA) is 81.8 Å². The van der Waals surface area contributed by atoms with E-state index >= 15 is 4.57 Å². The first-order valence-electron chi connectivity index (χ1n) is 18.2. The van der Waals surface area contributed by atoms with Gasteiger partial charge in [0, 0.05) is 50.0 Å². The largest absolute Gasteiger partial charge is 0.456 e. The Morgan fingerprint density at radius 1 is 0.382 bits per heavy atom. The highest BCUT2D eigenvalue weighted by atomic mass is 31.2. The predicted octanol–water partition coefficient (Wildman–Crippen LogP) is 10.9. The van der Waals surface area contributed by atoms with Crippen molar-refractivity contribution in [3.8, 4) is 0 Å². The van der Waals surface area contributed by atoms with Crippen LogP contribution in [-0.4, -0.2) is 19.9 Å². The van der Waals surface area contributed by atoms with E-state index in [1.54, 1.807) is 12.4 Å². The molecule has 12 rings (SSSR count). The minimum Gasteiger partial charge on any atom is -0.456 e. The van der Waals surface area contributed by atoms with E-state index in [4.69, 9.17) is 14.4 Å². The maximum absolute atomic E-state index is 16.3. The molecule has 0 radical (unpaired) electrons. The Labute approximate surface area is 313 Å². The Kier molecular flexibility index (Phi) is 6.23. The number of aromatic nitrogens is 4. The number of furan rings is 1. The molecule has 6 nitrogen and oxygen atoms in total. The first-order valence-corrected chi connectivity index (χ1v) is 19.9. The standard InChI is InChI=1S/C48H27N4O2P/c53-55(43-21-17-30-15-13-28-7-5-23-49-45(28)47(30)51-43,44-22-18-31-16-14-29-8-6-24-50-46(29)48(31)52-44)32-19-20-37-40-26-38-35-11-3-1-9-33(35)34-10-2-4-12-36(34)39(38)27-42(40)54-41(37)25-32/h1-27H. The van der Waals surface area contributed by atoms with Crippen molar-refractivity contribution >= 4 is 121 Å². The van der Waals surface area contributed by atoms with E-state index < -0.39 is 7.14 Å². The zero-order chi connectivity index (χ0) is 36.3. The van der Waals surface area contributed by atoms with Gasteiger partial charge in [0.25, 0.3) is 0 Å². The maximum atomic E-state index is 16.3. The molecule has 0 fully saturated rings. The van der Waals surface area contributed by atoms with Crippen molar-refractivity contribution in [2.75, 3.05) is 0 Å². The molecule has 256 valence electrons. The number of rotatable bonds is 3. The minimum absolute atomic E-state index is 0.428. The molecule has 7 aromatic carbocycles. The summed E-state index contributed by atoms with van der Waals surface area (Å²) in [6.07, 6.45) is 3.53. The molecular weight excluding hydrogens is 696 g/mol. The van der Waals surface area contributed by atoms with E-state index in [2.05, 4.69) is 70.6 Å². The summed E-state index contributed by atoms with van der Waals surface area (Å²) in [7, 11) is -3.73. The summed E-state index contributed by atoms with van der Waals surface area (Å²) >= 11 is 0. The first-order chi connectivity index (χ1) is 27.1. The van der Waals surface area contributed by atoms with Gasteiger partial charge >= 0.3 is 0 Å². The second-order valence-corrected chi connectivity index (χ2v) is 16.8. The van der Waals surface area contributed by atoms with Crippen molar-refractivity contribution in [1.29, 1.82) is 0 Å². The summed E-state index contributed by atoms with van der Waals surface area (Å²) in [4.78, 5) is 19.7. The smallest absolute Gasteiger partial charge is 0.206 e. The summed E-state index contributed by atoms with van der Waals surface area (Å²) < 4.78 is 23.0. The third-order valence-electron chi connectivity index (χ3n) is 11.2. The maximum Gasteiger partial charge on any atom is 0.206 e. The zero-order valence-electron chi connectivity index (χ0n) is 29.1. The van der Waals surface area contributed by atoms with Crippen molar-refractivity contribution in [1.82, 2.24) is 19.9 Å². The van der Waals surface area contributed by atoms with Gasteiger partial charge in [0.2, 0.25) is 7.14 Å². The summed E-state index contributed by atoms with van der Waals surface area (Å²) in [6.45, 7) is 0. The molecule has 0 spiro atoms. The fourth-order valence-corrected chi connectivity index (χ4v) is 10.9. The van der Waals surface area contributed by atoms with Gasteiger partial charge in [-0.25, -0.2) is 9.97 Å². The number of hydrogen-bond donors (Lipinski definition) is 0. The summed E-state index contributed by atoms with van der Waals surface area (Å²) in [5.41, 5.74) is 5.19. The third kappa shape index (κ3) is 4.34. The highest BCUT2D eigenvalue weighted by Gasteiger charge is 2.34. The van der Waals surface area contributed by atoms with E-state index in [9.17, 15) is 0 Å². The molecule has 7 heteroatoms. The SMILES string of the molecule is O=P(c1ccc2c(c1)oc1cc3c4ccccc4c4ccccc4c3cc12)(c1ccc2ccc3cccnc3c2n1)c1ccc2ccc3cccnc3c2n1. The van der Waals surface area contributed by atoms with E-state index in [-0.39, 0.29) is 0 Å². The van der Waals surface area contributed by atoms with E-state index in [1.807, 2.05) is 91.0 Å². The Morgan fingerprint density at radius 2 is 0.855 bits per heavy atom. The van der Waals surface area contributed by atoms with Crippen LogP contribution in [0.15, 0.2) is 168 Å². The van der Waals surface area contributed by atoms with Gasteiger partial charge in [0.05, 0.1) is 22.1 Å². The van der Waals surface area contributed by atoms with Crippen molar-refractivity contribution < 1.29 is 8.98 Å². The molecule has 0 atom stereocenters.